The zero-order chi connectivity index (χ0) is 13.7. The molecule has 0 heterocycles. The van der Waals surface area contributed by atoms with Crippen LogP contribution in [0.2, 0.25) is 0 Å². The van der Waals surface area contributed by atoms with E-state index < -0.39 is 6.04 Å². The number of benzene rings is 2. The van der Waals surface area contributed by atoms with Crippen molar-refractivity contribution in [3.8, 4) is 5.75 Å². The summed E-state index contributed by atoms with van der Waals surface area (Å²) in [6.45, 7) is 0. The Morgan fingerprint density at radius 2 is 1.74 bits per heavy atom. The highest BCUT2D eigenvalue weighted by atomic mass is 16.3. The first-order valence-corrected chi connectivity index (χ1v) is 6.04. The van der Waals surface area contributed by atoms with Crippen molar-refractivity contribution in [2.24, 2.45) is 5.73 Å². The van der Waals surface area contributed by atoms with Crippen molar-refractivity contribution >= 4 is 11.6 Å². The lowest BCUT2D eigenvalue weighted by molar-refractivity contribution is -0.117. The Morgan fingerprint density at radius 3 is 2.37 bits per heavy atom. The van der Waals surface area contributed by atoms with Crippen molar-refractivity contribution < 1.29 is 9.90 Å². The number of hydrogen-bond acceptors (Lipinski definition) is 3. The monoisotopic (exact) mass is 256 g/mol. The number of nitrogens with one attached hydrogen (secondary N) is 1. The molecule has 0 saturated carbocycles. The van der Waals surface area contributed by atoms with Crippen LogP contribution in [0.25, 0.3) is 0 Å². The number of phenolic OH excluding ortho intramolecular Hbond substituents is 1. The van der Waals surface area contributed by atoms with Crippen molar-refractivity contribution in [3.05, 3.63) is 60.2 Å². The van der Waals surface area contributed by atoms with Crippen LogP contribution >= 0.6 is 0 Å². The highest BCUT2D eigenvalue weighted by molar-refractivity contribution is 5.94. The van der Waals surface area contributed by atoms with Gasteiger partial charge in [0, 0.05) is 5.69 Å². The number of amides is 1. The molecule has 4 nitrogen and oxygen atoms in total. The van der Waals surface area contributed by atoms with Gasteiger partial charge in [0.25, 0.3) is 0 Å². The van der Waals surface area contributed by atoms with Crippen LogP contribution in [-0.2, 0) is 11.2 Å². The lowest BCUT2D eigenvalue weighted by atomic mass is 10.1. The Kier molecular flexibility index (Phi) is 4.15. The molecule has 0 aliphatic carbocycles. The van der Waals surface area contributed by atoms with E-state index in [4.69, 9.17) is 10.8 Å². The van der Waals surface area contributed by atoms with Gasteiger partial charge >= 0.3 is 0 Å². The number of nitrogens with two attached hydrogens (primary N) is 1. The molecule has 0 aromatic heterocycles. The normalized spacial score (nSPS) is 11.8. The molecule has 2 aromatic rings. The topological polar surface area (TPSA) is 75.4 Å². The SMILES string of the molecule is N[C@H](Cc1ccccc1)C(=O)Nc1ccc(O)cc1. The summed E-state index contributed by atoms with van der Waals surface area (Å²) in [6.07, 6.45) is 0.491. The summed E-state index contributed by atoms with van der Waals surface area (Å²) >= 11 is 0. The Balaban J connectivity index is 1.94. The molecule has 98 valence electrons. The second-order valence-electron chi connectivity index (χ2n) is 4.33. The molecule has 0 bridgehead atoms. The van der Waals surface area contributed by atoms with E-state index in [1.165, 1.54) is 12.1 Å². The molecule has 0 saturated heterocycles. The number of carbonyl (C=O) groups excluding carboxylic acids is 1. The van der Waals surface area contributed by atoms with Gasteiger partial charge in [-0.1, -0.05) is 30.3 Å². The van der Waals surface area contributed by atoms with Crippen LogP contribution < -0.4 is 11.1 Å². The zero-order valence-corrected chi connectivity index (χ0v) is 10.4. The summed E-state index contributed by atoms with van der Waals surface area (Å²) in [5.74, 6) is -0.0823. The third-order valence-electron chi connectivity index (χ3n) is 2.77. The van der Waals surface area contributed by atoms with Gasteiger partial charge in [0.15, 0.2) is 0 Å². The van der Waals surface area contributed by atoms with Gasteiger partial charge in [-0.25, -0.2) is 0 Å². The van der Waals surface area contributed by atoms with Crippen LogP contribution in [0.4, 0.5) is 5.69 Å². The molecule has 1 atom stereocenters. The number of rotatable bonds is 4. The van der Waals surface area contributed by atoms with Gasteiger partial charge in [0.2, 0.25) is 5.91 Å². The summed E-state index contributed by atoms with van der Waals surface area (Å²) in [4.78, 5) is 11.9. The van der Waals surface area contributed by atoms with Gasteiger partial charge in [-0.3, -0.25) is 4.79 Å². The van der Waals surface area contributed by atoms with Crippen molar-refractivity contribution in [2.75, 3.05) is 5.32 Å². The molecule has 0 fully saturated rings. The van der Waals surface area contributed by atoms with Gasteiger partial charge in [0.1, 0.15) is 5.75 Å². The van der Waals surface area contributed by atoms with E-state index in [1.54, 1.807) is 12.1 Å². The quantitative estimate of drug-likeness (QED) is 0.731. The summed E-state index contributed by atoms with van der Waals surface area (Å²) in [5.41, 5.74) is 7.51. The molecule has 2 aromatic carbocycles. The highest BCUT2D eigenvalue weighted by Crippen LogP contribution is 2.14. The van der Waals surface area contributed by atoms with Gasteiger partial charge < -0.3 is 16.2 Å². The van der Waals surface area contributed by atoms with E-state index in [2.05, 4.69) is 5.32 Å². The van der Waals surface area contributed by atoms with E-state index in [-0.39, 0.29) is 11.7 Å². The number of phenols is 1. The summed E-state index contributed by atoms with van der Waals surface area (Å²) in [7, 11) is 0. The zero-order valence-electron chi connectivity index (χ0n) is 10.4. The molecule has 0 spiro atoms. The number of aromatic hydroxyl groups is 1. The van der Waals surface area contributed by atoms with Gasteiger partial charge in [0.05, 0.1) is 6.04 Å². The summed E-state index contributed by atoms with van der Waals surface area (Å²) in [5, 5.41) is 11.9. The molecule has 4 N–H and O–H groups in total. The summed E-state index contributed by atoms with van der Waals surface area (Å²) < 4.78 is 0. The van der Waals surface area contributed by atoms with E-state index in [1.807, 2.05) is 30.3 Å². The van der Waals surface area contributed by atoms with Gasteiger partial charge in [-0.05, 0) is 36.2 Å². The minimum absolute atomic E-state index is 0.159. The first-order chi connectivity index (χ1) is 9.15. The number of anilines is 1. The maximum absolute atomic E-state index is 11.9. The Morgan fingerprint density at radius 1 is 1.11 bits per heavy atom. The van der Waals surface area contributed by atoms with Crippen molar-refractivity contribution in [3.63, 3.8) is 0 Å². The lowest BCUT2D eigenvalue weighted by Gasteiger charge is -2.12. The summed E-state index contributed by atoms with van der Waals surface area (Å²) in [6, 6.07) is 15.3. The Hall–Kier alpha value is -2.33. The largest absolute Gasteiger partial charge is 0.508 e. The van der Waals surface area contributed by atoms with Crippen LogP contribution in [0.3, 0.4) is 0 Å². The Bertz CT molecular complexity index is 538. The fourth-order valence-electron chi connectivity index (χ4n) is 1.74. The molecule has 2 rings (SSSR count). The van der Waals surface area contributed by atoms with Crippen LogP contribution in [0.1, 0.15) is 5.56 Å². The molecular weight excluding hydrogens is 240 g/mol. The van der Waals surface area contributed by atoms with Crippen molar-refractivity contribution in [1.82, 2.24) is 0 Å². The first kappa shape index (κ1) is 13.1. The second kappa shape index (κ2) is 6.02. The van der Waals surface area contributed by atoms with Crippen LogP contribution in [-0.4, -0.2) is 17.1 Å². The number of hydrogen-bond donors (Lipinski definition) is 3. The van der Waals surface area contributed by atoms with E-state index in [0.29, 0.717) is 12.1 Å². The Labute approximate surface area is 111 Å². The van der Waals surface area contributed by atoms with Gasteiger partial charge in [-0.15, -0.1) is 0 Å². The third-order valence-corrected chi connectivity index (χ3v) is 2.77. The molecule has 0 unspecified atom stereocenters. The van der Waals surface area contributed by atoms with Crippen LogP contribution in [0.15, 0.2) is 54.6 Å². The standard InChI is InChI=1S/C15H16N2O2/c16-14(10-11-4-2-1-3-5-11)15(19)17-12-6-8-13(18)9-7-12/h1-9,14,18H,10,16H2,(H,17,19)/t14-/m1/s1. The van der Waals surface area contributed by atoms with E-state index >= 15 is 0 Å². The number of carbonyl (C=O) groups is 1. The maximum Gasteiger partial charge on any atom is 0.241 e. The average Bonchev–Trinajstić information content (AvgIpc) is 2.42. The maximum atomic E-state index is 11.9. The van der Waals surface area contributed by atoms with Crippen LogP contribution in [0, 0.1) is 0 Å². The first-order valence-electron chi connectivity index (χ1n) is 6.04. The molecule has 19 heavy (non-hydrogen) atoms. The van der Waals surface area contributed by atoms with Crippen LogP contribution in [0.5, 0.6) is 5.75 Å². The van der Waals surface area contributed by atoms with E-state index in [0.717, 1.165) is 5.56 Å². The predicted octanol–water partition coefficient (Wildman–Crippen LogP) is 1.90. The second-order valence-corrected chi connectivity index (χ2v) is 4.33. The molecule has 0 aliphatic heterocycles. The van der Waals surface area contributed by atoms with Gasteiger partial charge in [-0.2, -0.15) is 0 Å². The van der Waals surface area contributed by atoms with Crippen molar-refractivity contribution in [2.45, 2.75) is 12.5 Å². The van der Waals surface area contributed by atoms with Crippen molar-refractivity contribution in [1.29, 1.82) is 0 Å². The molecule has 0 radical (unpaired) electrons. The highest BCUT2D eigenvalue weighted by Gasteiger charge is 2.14. The van der Waals surface area contributed by atoms with E-state index in [9.17, 15) is 4.79 Å². The molecule has 4 heteroatoms. The molecule has 0 aliphatic rings. The minimum atomic E-state index is -0.601. The molecule has 1 amide bonds. The fourth-order valence-corrected chi connectivity index (χ4v) is 1.74. The predicted molar refractivity (Wildman–Crippen MR) is 74.9 cm³/mol. The average molecular weight is 256 g/mol. The minimum Gasteiger partial charge on any atom is -0.508 e. The lowest BCUT2D eigenvalue weighted by Crippen LogP contribution is -2.37. The molecular formula is C15H16N2O2. The smallest absolute Gasteiger partial charge is 0.241 e. The third kappa shape index (κ3) is 3.82. The fraction of sp³-hybridized carbons (Fsp3) is 0.133.